The van der Waals surface area contributed by atoms with Gasteiger partial charge < -0.3 is 35.5 Å². The largest absolute Gasteiger partial charge is 0.461 e. The molecule has 0 unspecified atom stereocenters. The highest BCUT2D eigenvalue weighted by atomic mass is 16.5. The van der Waals surface area contributed by atoms with E-state index >= 15 is 0 Å². The molecular weight excluding hydrogens is 500 g/mol. The molecule has 1 fully saturated rings. The van der Waals surface area contributed by atoms with E-state index in [0.717, 1.165) is 16.3 Å². The molecule has 1 aliphatic rings. The molecule has 1 aliphatic heterocycles. The second-order valence-electron chi connectivity index (χ2n) is 9.21. The van der Waals surface area contributed by atoms with E-state index in [-0.39, 0.29) is 26.2 Å². The Bertz CT molecular complexity index is 1500. The summed E-state index contributed by atoms with van der Waals surface area (Å²) in [7, 11) is 0. The van der Waals surface area contributed by atoms with Crippen molar-refractivity contribution in [2.24, 2.45) is 0 Å². The third-order valence-corrected chi connectivity index (χ3v) is 6.48. The number of amides is 2. The summed E-state index contributed by atoms with van der Waals surface area (Å²) in [4.78, 5) is 42.7. The lowest BCUT2D eigenvalue weighted by atomic mass is 10.1. The standard InChI is InChI=1S/C29H28N4O6/c30-27-23-10-9-21(15-20(23)16-31-27)32-28(36)25(35)26-29(37)33(11-12-38-26)22-8-4-7-19(13-22)14-24(34)39-17-18-5-2-1-3-6-18/h1-10,13,15-16,25-26,31,35H,11-12,14,17,30H2,(H,32,36)/t25-,26-/m1/s1. The van der Waals surface area contributed by atoms with Crippen LogP contribution in [0.25, 0.3) is 10.8 Å². The number of nitrogen functional groups attached to an aromatic ring is 1. The Morgan fingerprint density at radius 1 is 1.10 bits per heavy atom. The van der Waals surface area contributed by atoms with Crippen LogP contribution in [0.4, 0.5) is 17.2 Å². The third kappa shape index (κ3) is 5.92. The highest BCUT2D eigenvalue weighted by Gasteiger charge is 2.39. The number of carbonyl (C=O) groups excluding carboxylic acids is 3. The Balaban J connectivity index is 1.22. The topological polar surface area (TPSA) is 147 Å². The van der Waals surface area contributed by atoms with Crippen LogP contribution in [-0.2, 0) is 36.9 Å². The molecule has 2 amide bonds. The van der Waals surface area contributed by atoms with Crippen LogP contribution >= 0.6 is 0 Å². The van der Waals surface area contributed by atoms with E-state index in [1.807, 2.05) is 30.3 Å². The smallest absolute Gasteiger partial charge is 0.310 e. The molecule has 2 heterocycles. The lowest BCUT2D eigenvalue weighted by molar-refractivity contribution is -0.150. The number of fused-ring (bicyclic) bond motifs is 1. The maximum absolute atomic E-state index is 13.2. The van der Waals surface area contributed by atoms with Gasteiger partial charge in [-0.15, -0.1) is 0 Å². The van der Waals surface area contributed by atoms with Crippen molar-refractivity contribution in [1.29, 1.82) is 0 Å². The molecule has 2 atom stereocenters. The first-order valence-corrected chi connectivity index (χ1v) is 12.5. The number of nitrogens with one attached hydrogen (secondary N) is 2. The van der Waals surface area contributed by atoms with Gasteiger partial charge in [0.05, 0.1) is 13.0 Å². The van der Waals surface area contributed by atoms with Crippen LogP contribution in [0.1, 0.15) is 11.1 Å². The summed E-state index contributed by atoms with van der Waals surface area (Å²) in [5.41, 5.74) is 8.39. The van der Waals surface area contributed by atoms with Crippen molar-refractivity contribution in [2.45, 2.75) is 25.2 Å². The van der Waals surface area contributed by atoms with Gasteiger partial charge in [-0.2, -0.15) is 0 Å². The second-order valence-corrected chi connectivity index (χ2v) is 9.21. The predicted molar refractivity (Wildman–Crippen MR) is 146 cm³/mol. The lowest BCUT2D eigenvalue weighted by Crippen LogP contribution is -2.55. The van der Waals surface area contributed by atoms with E-state index in [4.69, 9.17) is 15.2 Å². The average molecular weight is 529 g/mol. The van der Waals surface area contributed by atoms with E-state index in [1.54, 1.807) is 48.7 Å². The number of hydrogen-bond donors (Lipinski definition) is 4. The minimum absolute atomic E-state index is 0.0325. The quantitative estimate of drug-likeness (QED) is 0.257. The number of aromatic nitrogens is 1. The molecule has 200 valence electrons. The Morgan fingerprint density at radius 2 is 1.90 bits per heavy atom. The van der Waals surface area contributed by atoms with E-state index in [9.17, 15) is 19.5 Å². The molecule has 4 aromatic rings. The molecule has 1 saturated heterocycles. The number of benzene rings is 3. The van der Waals surface area contributed by atoms with Gasteiger partial charge >= 0.3 is 5.97 Å². The van der Waals surface area contributed by atoms with E-state index in [1.165, 1.54) is 4.90 Å². The van der Waals surface area contributed by atoms with Crippen LogP contribution in [0.2, 0.25) is 0 Å². The highest BCUT2D eigenvalue weighted by molar-refractivity contribution is 6.04. The van der Waals surface area contributed by atoms with Gasteiger partial charge in [0.2, 0.25) is 0 Å². The molecule has 3 aromatic carbocycles. The number of nitrogens with two attached hydrogens (primary N) is 1. The number of carbonyl (C=O) groups is 3. The summed E-state index contributed by atoms with van der Waals surface area (Å²) in [6.45, 7) is 0.534. The molecular formula is C29H28N4O6. The number of aliphatic hydroxyl groups is 1. The van der Waals surface area contributed by atoms with Gasteiger partial charge in [-0.05, 0) is 41.5 Å². The van der Waals surface area contributed by atoms with Gasteiger partial charge in [-0.1, -0.05) is 42.5 Å². The first kappa shape index (κ1) is 26.0. The number of rotatable bonds is 8. The summed E-state index contributed by atoms with van der Waals surface area (Å²) in [5.74, 6) is -1.21. The van der Waals surface area contributed by atoms with Gasteiger partial charge in [0, 0.05) is 34.9 Å². The van der Waals surface area contributed by atoms with Gasteiger partial charge in [-0.25, -0.2) is 0 Å². The van der Waals surface area contributed by atoms with Gasteiger partial charge in [0.15, 0.2) is 12.2 Å². The molecule has 39 heavy (non-hydrogen) atoms. The molecule has 0 saturated carbocycles. The first-order chi connectivity index (χ1) is 18.9. The minimum Gasteiger partial charge on any atom is -0.461 e. The summed E-state index contributed by atoms with van der Waals surface area (Å²) in [6, 6.07) is 21.4. The fourth-order valence-corrected chi connectivity index (χ4v) is 4.47. The molecule has 0 spiro atoms. The van der Waals surface area contributed by atoms with E-state index < -0.39 is 30.0 Å². The van der Waals surface area contributed by atoms with Crippen molar-refractivity contribution >= 4 is 45.7 Å². The summed E-state index contributed by atoms with van der Waals surface area (Å²) in [5, 5.41) is 14.9. The van der Waals surface area contributed by atoms with Gasteiger partial charge in [0.25, 0.3) is 11.8 Å². The van der Waals surface area contributed by atoms with Gasteiger partial charge in [-0.3, -0.25) is 14.4 Å². The summed E-state index contributed by atoms with van der Waals surface area (Å²) in [6.07, 6.45) is -1.38. The van der Waals surface area contributed by atoms with Crippen LogP contribution in [0, 0.1) is 0 Å². The minimum atomic E-state index is -1.73. The number of ether oxygens (including phenoxy) is 2. The van der Waals surface area contributed by atoms with Crippen LogP contribution in [0.3, 0.4) is 0 Å². The second kappa shape index (κ2) is 11.4. The first-order valence-electron chi connectivity index (χ1n) is 12.5. The monoisotopic (exact) mass is 528 g/mol. The Hall–Kier alpha value is -4.67. The SMILES string of the molecule is Nc1[nH]cc2cc(NC(=O)[C@H](O)[C@H]3OCCN(c4cccc(CC(=O)OCc5ccccc5)c4)C3=O)ccc12. The van der Waals surface area contributed by atoms with Crippen molar-refractivity contribution in [1.82, 2.24) is 4.98 Å². The highest BCUT2D eigenvalue weighted by Crippen LogP contribution is 2.25. The fraction of sp³-hybridized carbons (Fsp3) is 0.207. The van der Waals surface area contributed by atoms with Crippen LogP contribution in [0.5, 0.6) is 0 Å². The van der Waals surface area contributed by atoms with Gasteiger partial charge in [0.1, 0.15) is 12.4 Å². The maximum Gasteiger partial charge on any atom is 0.310 e. The van der Waals surface area contributed by atoms with Crippen molar-refractivity contribution in [3.63, 3.8) is 0 Å². The zero-order valence-electron chi connectivity index (χ0n) is 21.0. The van der Waals surface area contributed by atoms with Crippen LogP contribution in [-0.4, -0.2) is 53.2 Å². The number of H-pyrrole nitrogens is 1. The molecule has 0 bridgehead atoms. The number of hydrogen-bond acceptors (Lipinski definition) is 7. The Labute approximate surface area is 224 Å². The molecule has 5 rings (SSSR count). The number of aromatic amines is 1. The van der Waals surface area contributed by atoms with Crippen molar-refractivity contribution in [3.8, 4) is 0 Å². The van der Waals surface area contributed by atoms with Crippen molar-refractivity contribution in [3.05, 3.63) is 90.1 Å². The average Bonchev–Trinajstić information content (AvgIpc) is 3.32. The molecule has 5 N–H and O–H groups in total. The molecule has 10 nitrogen and oxygen atoms in total. The zero-order valence-corrected chi connectivity index (χ0v) is 21.0. The summed E-state index contributed by atoms with van der Waals surface area (Å²) >= 11 is 0. The normalized spacial score (nSPS) is 16.2. The Kier molecular flexibility index (Phi) is 7.57. The number of aliphatic hydroxyl groups excluding tert-OH is 1. The summed E-state index contributed by atoms with van der Waals surface area (Å²) < 4.78 is 10.9. The number of nitrogens with zero attached hydrogens (tertiary/aromatic N) is 1. The Morgan fingerprint density at radius 3 is 2.72 bits per heavy atom. The maximum atomic E-state index is 13.2. The van der Waals surface area contributed by atoms with Crippen molar-refractivity contribution in [2.75, 3.05) is 29.1 Å². The fourth-order valence-electron chi connectivity index (χ4n) is 4.47. The third-order valence-electron chi connectivity index (χ3n) is 6.48. The number of esters is 1. The van der Waals surface area contributed by atoms with Crippen LogP contribution in [0.15, 0.2) is 79.0 Å². The van der Waals surface area contributed by atoms with Crippen molar-refractivity contribution < 1.29 is 29.0 Å². The molecule has 0 radical (unpaired) electrons. The number of anilines is 3. The zero-order chi connectivity index (χ0) is 27.4. The predicted octanol–water partition coefficient (Wildman–Crippen LogP) is 2.77. The molecule has 10 heteroatoms. The van der Waals surface area contributed by atoms with Crippen LogP contribution < -0.4 is 16.0 Å². The molecule has 1 aromatic heterocycles. The van der Waals surface area contributed by atoms with E-state index in [0.29, 0.717) is 22.8 Å². The van der Waals surface area contributed by atoms with E-state index in [2.05, 4.69) is 10.3 Å². The molecule has 0 aliphatic carbocycles. The lowest BCUT2D eigenvalue weighted by Gasteiger charge is -2.34. The number of morpholine rings is 1.